The highest BCUT2D eigenvalue weighted by Gasteiger charge is 2.23. The van der Waals surface area contributed by atoms with Crippen LogP contribution in [0.15, 0.2) is 0 Å². The van der Waals surface area contributed by atoms with E-state index in [1.165, 1.54) is 0 Å². The van der Waals surface area contributed by atoms with Crippen molar-refractivity contribution < 1.29 is 19.2 Å². The van der Waals surface area contributed by atoms with Crippen molar-refractivity contribution in [3.8, 4) is 6.19 Å². The van der Waals surface area contributed by atoms with Crippen molar-refractivity contribution in [1.82, 2.24) is 10.7 Å². The second kappa shape index (κ2) is 13.9. The number of hydrogen-bond acceptors (Lipinski definition) is 6. The van der Waals surface area contributed by atoms with Gasteiger partial charge in [-0.2, -0.15) is 5.26 Å². The van der Waals surface area contributed by atoms with Gasteiger partial charge in [0.15, 0.2) is 6.19 Å². The maximum atomic E-state index is 12.0. The second-order valence-electron chi connectivity index (χ2n) is 9.55. The van der Waals surface area contributed by atoms with Crippen molar-refractivity contribution in [1.29, 1.82) is 5.26 Å². The van der Waals surface area contributed by atoms with Crippen molar-refractivity contribution in [2.45, 2.75) is 98.3 Å². The number of nitrogens with one attached hydrogen (secondary N) is 2. The van der Waals surface area contributed by atoms with Crippen molar-refractivity contribution in [3.05, 3.63) is 0 Å². The molecule has 0 spiro atoms. The number of nitrogens with zero attached hydrogens (tertiary/aromatic N) is 1. The highest BCUT2D eigenvalue weighted by molar-refractivity contribution is 5.81. The summed E-state index contributed by atoms with van der Waals surface area (Å²) >= 11 is 0. The van der Waals surface area contributed by atoms with Crippen molar-refractivity contribution in [2.24, 2.45) is 16.7 Å². The minimum Gasteiger partial charge on any atom is -0.300 e. The SMILES string of the molecule is CC(C)(CCCC(=O)CCCC(=O)CCCC(C)(C)CC(=O)NC#N)CC(=O)NN. The molecule has 0 atom stereocenters. The first kappa shape index (κ1) is 27.7. The van der Waals surface area contributed by atoms with E-state index >= 15 is 0 Å². The molecule has 30 heavy (non-hydrogen) atoms. The molecule has 0 saturated carbocycles. The van der Waals surface area contributed by atoms with Crippen LogP contribution in [0.1, 0.15) is 98.3 Å². The van der Waals surface area contributed by atoms with E-state index in [2.05, 4.69) is 10.7 Å². The summed E-state index contributed by atoms with van der Waals surface area (Å²) in [5, 5.41) is 10.6. The average molecular weight is 423 g/mol. The largest absolute Gasteiger partial charge is 0.300 e. The Bertz CT molecular complexity index is 636. The predicted molar refractivity (Wildman–Crippen MR) is 114 cm³/mol. The number of hydrogen-bond donors (Lipinski definition) is 3. The number of amides is 2. The zero-order chi connectivity index (χ0) is 23.2. The molecule has 0 bridgehead atoms. The third-order valence-corrected chi connectivity index (χ3v) is 5.16. The Morgan fingerprint density at radius 2 is 1.17 bits per heavy atom. The maximum absolute atomic E-state index is 12.0. The molecule has 0 saturated heterocycles. The van der Waals surface area contributed by atoms with Crippen LogP contribution in [0.3, 0.4) is 0 Å². The van der Waals surface area contributed by atoms with Crippen LogP contribution in [-0.2, 0) is 19.2 Å². The lowest BCUT2D eigenvalue weighted by Crippen LogP contribution is -2.33. The minimum absolute atomic E-state index is 0.133. The van der Waals surface area contributed by atoms with Crippen LogP contribution in [0.5, 0.6) is 0 Å². The number of Topliss-reactive ketones (excluding diaryl/α,β-unsaturated/α-hetero) is 2. The molecule has 0 aromatic rings. The third kappa shape index (κ3) is 14.7. The number of nitriles is 1. The van der Waals surface area contributed by atoms with Gasteiger partial charge in [-0.25, -0.2) is 5.84 Å². The molecule has 0 rings (SSSR count). The number of ketones is 2. The summed E-state index contributed by atoms with van der Waals surface area (Å²) < 4.78 is 0. The van der Waals surface area contributed by atoms with E-state index in [9.17, 15) is 19.2 Å². The summed E-state index contributed by atoms with van der Waals surface area (Å²) in [4.78, 5) is 46.9. The van der Waals surface area contributed by atoms with E-state index in [1.54, 1.807) is 6.19 Å². The standard InChI is InChI=1S/C22H38N4O4/c1-21(2,14-19(29)25-16-23)12-6-10-17(27)8-5-9-18(28)11-7-13-22(3,4)15-20(30)26-24/h5-15,24H2,1-4H3,(H,25,29)(H,26,30). The molecule has 0 aromatic carbocycles. The molecule has 2 amide bonds. The summed E-state index contributed by atoms with van der Waals surface area (Å²) in [7, 11) is 0. The quantitative estimate of drug-likeness (QED) is 0.115. The minimum atomic E-state index is -0.307. The van der Waals surface area contributed by atoms with Crippen molar-refractivity contribution in [3.63, 3.8) is 0 Å². The van der Waals surface area contributed by atoms with E-state index in [-0.39, 0.29) is 40.6 Å². The summed E-state index contributed by atoms with van der Waals surface area (Å²) in [6.45, 7) is 7.83. The molecule has 0 aliphatic carbocycles. The Kier molecular flexibility index (Phi) is 12.8. The molecular weight excluding hydrogens is 384 g/mol. The Hall–Kier alpha value is -2.27. The molecule has 8 nitrogen and oxygen atoms in total. The van der Waals surface area contributed by atoms with Gasteiger partial charge in [0, 0.05) is 38.5 Å². The first-order chi connectivity index (χ1) is 13.9. The van der Waals surface area contributed by atoms with Crippen LogP contribution in [0.25, 0.3) is 0 Å². The molecule has 0 fully saturated rings. The van der Waals surface area contributed by atoms with E-state index in [4.69, 9.17) is 11.1 Å². The van der Waals surface area contributed by atoms with Gasteiger partial charge in [0.05, 0.1) is 0 Å². The summed E-state index contributed by atoms with van der Waals surface area (Å²) in [5.74, 6) is 4.87. The van der Waals surface area contributed by atoms with Crippen molar-refractivity contribution >= 4 is 23.4 Å². The van der Waals surface area contributed by atoms with Gasteiger partial charge in [0.1, 0.15) is 11.6 Å². The highest BCUT2D eigenvalue weighted by Crippen LogP contribution is 2.28. The van der Waals surface area contributed by atoms with Crippen LogP contribution in [0, 0.1) is 22.3 Å². The predicted octanol–water partition coefficient (Wildman–Crippen LogP) is 3.06. The zero-order valence-electron chi connectivity index (χ0n) is 18.9. The summed E-state index contributed by atoms with van der Waals surface area (Å²) in [6.07, 6.45) is 7.32. The molecular formula is C22H38N4O4. The fourth-order valence-corrected chi connectivity index (χ4v) is 3.46. The zero-order valence-corrected chi connectivity index (χ0v) is 18.9. The van der Waals surface area contributed by atoms with Crippen LogP contribution < -0.4 is 16.6 Å². The van der Waals surface area contributed by atoms with Crippen LogP contribution in [0.4, 0.5) is 0 Å². The van der Waals surface area contributed by atoms with Gasteiger partial charge in [-0.05, 0) is 42.9 Å². The molecule has 170 valence electrons. The number of hydrazine groups is 1. The number of carbonyl (C=O) groups excluding carboxylic acids is 4. The normalized spacial score (nSPS) is 11.5. The van der Waals surface area contributed by atoms with E-state index in [1.807, 2.05) is 27.7 Å². The Morgan fingerprint density at radius 3 is 1.57 bits per heavy atom. The lowest BCUT2D eigenvalue weighted by atomic mass is 9.83. The van der Waals surface area contributed by atoms with Crippen LogP contribution in [0.2, 0.25) is 0 Å². The molecule has 0 unspecified atom stereocenters. The van der Waals surface area contributed by atoms with Gasteiger partial charge in [-0.15, -0.1) is 0 Å². The van der Waals surface area contributed by atoms with E-state index < -0.39 is 0 Å². The van der Waals surface area contributed by atoms with Gasteiger partial charge < -0.3 is 0 Å². The molecule has 8 heteroatoms. The maximum Gasteiger partial charge on any atom is 0.234 e. The summed E-state index contributed by atoms with van der Waals surface area (Å²) in [6, 6.07) is 0. The highest BCUT2D eigenvalue weighted by atomic mass is 16.2. The lowest BCUT2D eigenvalue weighted by molar-refractivity contribution is -0.123. The molecule has 0 aliphatic heterocycles. The van der Waals surface area contributed by atoms with Gasteiger partial charge >= 0.3 is 0 Å². The lowest BCUT2D eigenvalue weighted by Gasteiger charge is -2.23. The topological polar surface area (TPSA) is 142 Å². The molecule has 0 aliphatic rings. The summed E-state index contributed by atoms with van der Waals surface area (Å²) in [5.41, 5.74) is 1.65. The van der Waals surface area contributed by atoms with Gasteiger partial charge in [-0.1, -0.05) is 27.7 Å². The number of rotatable bonds is 16. The molecule has 4 N–H and O–H groups in total. The Labute approximate surface area is 180 Å². The Balaban J connectivity index is 3.95. The molecule has 0 aromatic heterocycles. The fourth-order valence-electron chi connectivity index (χ4n) is 3.46. The Morgan fingerprint density at radius 1 is 0.767 bits per heavy atom. The van der Waals surface area contributed by atoms with Gasteiger partial charge in [0.2, 0.25) is 11.8 Å². The van der Waals surface area contributed by atoms with Gasteiger partial charge in [-0.3, -0.25) is 29.9 Å². The van der Waals surface area contributed by atoms with Crippen LogP contribution >= 0.6 is 0 Å². The third-order valence-electron chi connectivity index (χ3n) is 5.16. The first-order valence-corrected chi connectivity index (χ1v) is 10.6. The smallest absolute Gasteiger partial charge is 0.234 e. The van der Waals surface area contributed by atoms with Crippen molar-refractivity contribution in [2.75, 3.05) is 0 Å². The van der Waals surface area contributed by atoms with E-state index in [0.29, 0.717) is 57.8 Å². The number of carbonyl (C=O) groups is 4. The van der Waals surface area contributed by atoms with Crippen LogP contribution in [-0.4, -0.2) is 23.4 Å². The number of nitrogens with two attached hydrogens (primary N) is 1. The molecule has 0 heterocycles. The second-order valence-corrected chi connectivity index (χ2v) is 9.55. The average Bonchev–Trinajstić information content (AvgIpc) is 2.60. The van der Waals surface area contributed by atoms with E-state index in [0.717, 1.165) is 6.42 Å². The molecule has 0 radical (unpaired) electrons. The first-order valence-electron chi connectivity index (χ1n) is 10.6. The monoisotopic (exact) mass is 422 g/mol. The fraction of sp³-hybridized carbons (Fsp3) is 0.773. The van der Waals surface area contributed by atoms with Gasteiger partial charge in [0.25, 0.3) is 0 Å².